The lowest BCUT2D eigenvalue weighted by Crippen LogP contribution is -2.03. The first kappa shape index (κ1) is 11.4. The Labute approximate surface area is 97.9 Å². The van der Waals surface area contributed by atoms with Crippen molar-refractivity contribution in [3.63, 3.8) is 0 Å². The fourth-order valence-electron chi connectivity index (χ4n) is 2.66. The van der Waals surface area contributed by atoms with Crippen LogP contribution in [0.2, 0.25) is 0 Å². The SMILES string of the molecule is CCCC[C@H]1[C@@H](C)[C@@H]1C(=O)c1ccccc1. The van der Waals surface area contributed by atoms with Crippen molar-refractivity contribution in [3.05, 3.63) is 35.9 Å². The molecule has 0 aromatic heterocycles. The van der Waals surface area contributed by atoms with Gasteiger partial charge in [0.1, 0.15) is 0 Å². The van der Waals surface area contributed by atoms with Gasteiger partial charge in [0.25, 0.3) is 0 Å². The van der Waals surface area contributed by atoms with Gasteiger partial charge in [-0.05, 0) is 18.3 Å². The Morgan fingerprint density at radius 1 is 1.25 bits per heavy atom. The van der Waals surface area contributed by atoms with Crippen LogP contribution in [0.5, 0.6) is 0 Å². The van der Waals surface area contributed by atoms with Gasteiger partial charge in [-0.3, -0.25) is 4.79 Å². The van der Waals surface area contributed by atoms with Gasteiger partial charge in [0, 0.05) is 11.5 Å². The first-order valence-electron chi connectivity index (χ1n) is 6.35. The van der Waals surface area contributed by atoms with Crippen molar-refractivity contribution >= 4 is 5.78 Å². The van der Waals surface area contributed by atoms with Crippen LogP contribution in [0.3, 0.4) is 0 Å². The van der Waals surface area contributed by atoms with E-state index in [1.165, 1.54) is 19.3 Å². The van der Waals surface area contributed by atoms with Gasteiger partial charge < -0.3 is 0 Å². The van der Waals surface area contributed by atoms with Crippen molar-refractivity contribution in [2.45, 2.75) is 33.1 Å². The summed E-state index contributed by atoms with van der Waals surface area (Å²) in [5.74, 6) is 1.90. The van der Waals surface area contributed by atoms with Crippen LogP contribution in [0.1, 0.15) is 43.5 Å². The second-order valence-corrected chi connectivity index (χ2v) is 4.92. The Morgan fingerprint density at radius 3 is 2.56 bits per heavy atom. The molecular formula is C15H20O. The van der Waals surface area contributed by atoms with Gasteiger partial charge in [0.05, 0.1) is 0 Å². The minimum atomic E-state index is 0.300. The van der Waals surface area contributed by atoms with E-state index in [2.05, 4.69) is 13.8 Å². The molecular weight excluding hydrogens is 196 g/mol. The molecule has 0 radical (unpaired) electrons. The molecule has 2 rings (SSSR count). The summed E-state index contributed by atoms with van der Waals surface area (Å²) in [6.45, 7) is 4.42. The van der Waals surface area contributed by atoms with E-state index in [-0.39, 0.29) is 0 Å². The minimum absolute atomic E-state index is 0.300. The van der Waals surface area contributed by atoms with Crippen molar-refractivity contribution in [1.82, 2.24) is 0 Å². The number of hydrogen-bond acceptors (Lipinski definition) is 1. The normalized spacial score (nSPS) is 27.8. The standard InChI is InChI=1S/C15H20O/c1-3-4-10-13-11(2)14(13)15(16)12-8-6-5-7-9-12/h5-9,11,13-14H,3-4,10H2,1-2H3/t11-,13+,14+/m1/s1. The molecule has 3 atom stereocenters. The van der Waals surface area contributed by atoms with Crippen molar-refractivity contribution in [1.29, 1.82) is 0 Å². The summed E-state index contributed by atoms with van der Waals surface area (Å²) in [7, 11) is 0. The van der Waals surface area contributed by atoms with Gasteiger partial charge in [0.2, 0.25) is 0 Å². The molecule has 0 N–H and O–H groups in total. The zero-order chi connectivity index (χ0) is 11.5. The monoisotopic (exact) mass is 216 g/mol. The van der Waals surface area contributed by atoms with Crippen LogP contribution in [0, 0.1) is 17.8 Å². The summed E-state index contributed by atoms with van der Waals surface area (Å²) in [6, 6.07) is 9.72. The molecule has 86 valence electrons. The first-order valence-corrected chi connectivity index (χ1v) is 6.35. The summed E-state index contributed by atoms with van der Waals surface area (Å²) >= 11 is 0. The number of Topliss-reactive ketones (excluding diaryl/α,β-unsaturated/α-hetero) is 1. The Hall–Kier alpha value is -1.11. The summed E-state index contributed by atoms with van der Waals surface area (Å²) in [5.41, 5.74) is 0.887. The number of hydrogen-bond donors (Lipinski definition) is 0. The molecule has 1 aliphatic carbocycles. The number of unbranched alkanes of at least 4 members (excludes halogenated alkanes) is 1. The van der Waals surface area contributed by atoms with E-state index < -0.39 is 0 Å². The first-order chi connectivity index (χ1) is 7.75. The largest absolute Gasteiger partial charge is 0.294 e. The molecule has 0 aliphatic heterocycles. The van der Waals surface area contributed by atoms with Crippen LogP contribution in [0.15, 0.2) is 30.3 Å². The molecule has 1 aliphatic rings. The summed E-state index contributed by atoms with van der Waals surface area (Å²) in [5, 5.41) is 0. The molecule has 0 amide bonds. The maximum Gasteiger partial charge on any atom is 0.166 e. The molecule has 1 fully saturated rings. The molecule has 1 saturated carbocycles. The Bertz CT molecular complexity index is 355. The van der Waals surface area contributed by atoms with E-state index in [9.17, 15) is 4.79 Å². The Balaban J connectivity index is 1.97. The number of carbonyl (C=O) groups is 1. The summed E-state index contributed by atoms with van der Waals surface area (Å²) in [4.78, 5) is 12.2. The van der Waals surface area contributed by atoms with E-state index in [0.29, 0.717) is 23.5 Å². The molecule has 0 bridgehead atoms. The van der Waals surface area contributed by atoms with Crippen LogP contribution in [0.4, 0.5) is 0 Å². The highest BCUT2D eigenvalue weighted by molar-refractivity contribution is 5.99. The third kappa shape index (κ3) is 2.18. The van der Waals surface area contributed by atoms with Gasteiger partial charge in [0.15, 0.2) is 5.78 Å². The zero-order valence-electron chi connectivity index (χ0n) is 10.1. The van der Waals surface area contributed by atoms with E-state index in [1.54, 1.807) is 0 Å². The molecule has 16 heavy (non-hydrogen) atoms. The highest BCUT2D eigenvalue weighted by Crippen LogP contribution is 2.50. The lowest BCUT2D eigenvalue weighted by atomic mass is 10.0. The predicted octanol–water partition coefficient (Wildman–Crippen LogP) is 3.94. The Kier molecular flexibility index (Phi) is 3.42. The zero-order valence-corrected chi connectivity index (χ0v) is 10.1. The van der Waals surface area contributed by atoms with Crippen molar-refractivity contribution in [2.75, 3.05) is 0 Å². The van der Waals surface area contributed by atoms with Crippen LogP contribution >= 0.6 is 0 Å². The molecule has 1 aromatic rings. The molecule has 0 heterocycles. The van der Waals surface area contributed by atoms with Gasteiger partial charge in [-0.1, -0.05) is 57.0 Å². The summed E-state index contributed by atoms with van der Waals surface area (Å²) < 4.78 is 0. The third-order valence-electron chi connectivity index (χ3n) is 3.81. The van der Waals surface area contributed by atoms with E-state index >= 15 is 0 Å². The molecule has 1 nitrogen and oxygen atoms in total. The van der Waals surface area contributed by atoms with Gasteiger partial charge >= 0.3 is 0 Å². The van der Waals surface area contributed by atoms with Crippen molar-refractivity contribution < 1.29 is 4.79 Å². The second-order valence-electron chi connectivity index (χ2n) is 4.92. The second kappa shape index (κ2) is 4.82. The predicted molar refractivity (Wildman–Crippen MR) is 66.4 cm³/mol. The highest BCUT2D eigenvalue weighted by atomic mass is 16.1. The van der Waals surface area contributed by atoms with Gasteiger partial charge in [-0.25, -0.2) is 0 Å². The van der Waals surface area contributed by atoms with Crippen LogP contribution in [0.25, 0.3) is 0 Å². The van der Waals surface area contributed by atoms with Crippen LogP contribution in [-0.2, 0) is 0 Å². The fraction of sp³-hybridized carbons (Fsp3) is 0.533. The third-order valence-corrected chi connectivity index (χ3v) is 3.81. The number of ketones is 1. The lowest BCUT2D eigenvalue weighted by molar-refractivity contribution is 0.0956. The van der Waals surface area contributed by atoms with E-state index in [4.69, 9.17) is 0 Å². The minimum Gasteiger partial charge on any atom is -0.294 e. The summed E-state index contributed by atoms with van der Waals surface area (Å²) in [6.07, 6.45) is 3.71. The highest BCUT2D eigenvalue weighted by Gasteiger charge is 2.50. The lowest BCUT2D eigenvalue weighted by Gasteiger charge is -1.99. The van der Waals surface area contributed by atoms with E-state index in [1.807, 2.05) is 30.3 Å². The maximum atomic E-state index is 12.2. The quantitative estimate of drug-likeness (QED) is 0.681. The molecule has 0 unspecified atom stereocenters. The van der Waals surface area contributed by atoms with Gasteiger partial charge in [-0.15, -0.1) is 0 Å². The topological polar surface area (TPSA) is 17.1 Å². The molecule has 0 spiro atoms. The molecule has 1 aromatic carbocycles. The van der Waals surface area contributed by atoms with Gasteiger partial charge in [-0.2, -0.15) is 0 Å². The smallest absolute Gasteiger partial charge is 0.166 e. The van der Waals surface area contributed by atoms with Crippen LogP contribution < -0.4 is 0 Å². The molecule has 0 saturated heterocycles. The fourth-order valence-corrected chi connectivity index (χ4v) is 2.66. The maximum absolute atomic E-state index is 12.2. The number of rotatable bonds is 5. The number of benzene rings is 1. The average Bonchev–Trinajstić information content (AvgIpc) is 2.97. The van der Waals surface area contributed by atoms with E-state index in [0.717, 1.165) is 5.56 Å². The Morgan fingerprint density at radius 2 is 1.94 bits per heavy atom. The average molecular weight is 216 g/mol. The molecule has 1 heteroatoms. The van der Waals surface area contributed by atoms with Crippen molar-refractivity contribution in [3.8, 4) is 0 Å². The van der Waals surface area contributed by atoms with Crippen molar-refractivity contribution in [2.24, 2.45) is 17.8 Å². The van der Waals surface area contributed by atoms with Crippen LogP contribution in [-0.4, -0.2) is 5.78 Å². The number of carbonyl (C=O) groups excluding carboxylic acids is 1.